The summed E-state index contributed by atoms with van der Waals surface area (Å²) in [6, 6.07) is 0. The Morgan fingerprint density at radius 1 is 1.50 bits per heavy atom. The van der Waals surface area contributed by atoms with E-state index in [4.69, 9.17) is 4.74 Å². The summed E-state index contributed by atoms with van der Waals surface area (Å²) in [6.07, 6.45) is 4.08. The van der Waals surface area contributed by atoms with E-state index in [9.17, 15) is 4.79 Å². The van der Waals surface area contributed by atoms with Crippen LogP contribution < -0.4 is 0 Å². The Bertz CT molecular complexity index is 180. The van der Waals surface area contributed by atoms with Gasteiger partial charge in [-0.3, -0.25) is 4.79 Å². The van der Waals surface area contributed by atoms with E-state index in [1.807, 2.05) is 18.7 Å². The van der Waals surface area contributed by atoms with Crippen molar-refractivity contribution in [2.45, 2.75) is 45.6 Å². The van der Waals surface area contributed by atoms with E-state index in [-0.39, 0.29) is 12.0 Å². The van der Waals surface area contributed by atoms with E-state index in [1.165, 1.54) is 0 Å². The molecule has 3 heteroatoms. The lowest BCUT2D eigenvalue weighted by molar-refractivity contribution is -0.135. The average molecular weight is 199 g/mol. The van der Waals surface area contributed by atoms with Gasteiger partial charge in [-0.05, 0) is 26.2 Å². The minimum Gasteiger partial charge on any atom is -0.377 e. The summed E-state index contributed by atoms with van der Waals surface area (Å²) in [5, 5.41) is 0. The molecule has 0 N–H and O–H groups in total. The lowest BCUT2D eigenvalue weighted by atomic mass is 10.1. The molecular weight excluding hydrogens is 178 g/mol. The third-order valence-corrected chi connectivity index (χ3v) is 2.60. The van der Waals surface area contributed by atoms with Crippen LogP contribution in [0, 0.1) is 0 Å². The second-order valence-electron chi connectivity index (χ2n) is 3.81. The normalized spacial score (nSPS) is 22.4. The summed E-state index contributed by atoms with van der Waals surface area (Å²) in [7, 11) is 0. The molecule has 0 aromatic heterocycles. The molecule has 1 saturated heterocycles. The van der Waals surface area contributed by atoms with Crippen LogP contribution >= 0.6 is 0 Å². The summed E-state index contributed by atoms with van der Waals surface area (Å²) in [5.41, 5.74) is 0. The second-order valence-corrected chi connectivity index (χ2v) is 3.81. The number of nitrogens with zero attached hydrogens (tertiary/aromatic N) is 1. The number of carbonyl (C=O) groups excluding carboxylic acids is 1. The molecule has 0 spiro atoms. The van der Waals surface area contributed by atoms with Gasteiger partial charge in [-0.1, -0.05) is 6.92 Å². The zero-order valence-corrected chi connectivity index (χ0v) is 9.29. The molecule has 82 valence electrons. The predicted octanol–water partition coefficient (Wildman–Crippen LogP) is 1.81. The number of hydrogen-bond donors (Lipinski definition) is 0. The summed E-state index contributed by atoms with van der Waals surface area (Å²) in [6.45, 7) is 6.52. The lowest BCUT2D eigenvalue weighted by Crippen LogP contribution is -2.43. The van der Waals surface area contributed by atoms with E-state index < -0.39 is 0 Å². The third kappa shape index (κ3) is 3.29. The van der Waals surface area contributed by atoms with Gasteiger partial charge in [0.05, 0.1) is 6.10 Å². The molecule has 0 saturated carbocycles. The molecule has 1 heterocycles. The van der Waals surface area contributed by atoms with Gasteiger partial charge in [-0.15, -0.1) is 0 Å². The predicted molar refractivity (Wildman–Crippen MR) is 56.1 cm³/mol. The maximum Gasteiger partial charge on any atom is 0.222 e. The van der Waals surface area contributed by atoms with Crippen molar-refractivity contribution >= 4 is 5.91 Å². The molecule has 1 atom stereocenters. The molecule has 1 rings (SSSR count). The largest absolute Gasteiger partial charge is 0.377 e. The lowest BCUT2D eigenvalue weighted by Gasteiger charge is -2.32. The van der Waals surface area contributed by atoms with E-state index in [0.29, 0.717) is 6.42 Å². The Balaban J connectivity index is 2.35. The topological polar surface area (TPSA) is 29.5 Å². The van der Waals surface area contributed by atoms with Gasteiger partial charge < -0.3 is 9.64 Å². The minimum atomic E-state index is 0.273. The standard InChI is InChI=1S/C11H21NO2/c1-3-6-11(13)12-8-5-7-10(9-12)14-4-2/h10H,3-9H2,1-2H3. The van der Waals surface area contributed by atoms with Crippen LogP contribution in [0.5, 0.6) is 0 Å². The zero-order chi connectivity index (χ0) is 10.4. The van der Waals surface area contributed by atoms with E-state index >= 15 is 0 Å². The highest BCUT2D eigenvalue weighted by Crippen LogP contribution is 2.14. The van der Waals surface area contributed by atoms with Crippen LogP contribution in [0.1, 0.15) is 39.5 Å². The number of rotatable bonds is 4. The van der Waals surface area contributed by atoms with E-state index in [2.05, 4.69) is 0 Å². The summed E-state index contributed by atoms with van der Waals surface area (Å²) in [5.74, 6) is 0.289. The molecule has 0 bridgehead atoms. The molecule has 1 fully saturated rings. The smallest absolute Gasteiger partial charge is 0.222 e. The van der Waals surface area contributed by atoms with Crippen molar-refractivity contribution in [3.8, 4) is 0 Å². The summed E-state index contributed by atoms with van der Waals surface area (Å²) in [4.78, 5) is 13.6. The van der Waals surface area contributed by atoms with Crippen molar-refractivity contribution in [3.63, 3.8) is 0 Å². The Morgan fingerprint density at radius 2 is 2.29 bits per heavy atom. The quantitative estimate of drug-likeness (QED) is 0.691. The molecule has 0 radical (unpaired) electrons. The van der Waals surface area contributed by atoms with Gasteiger partial charge in [0, 0.05) is 26.1 Å². The van der Waals surface area contributed by atoms with Crippen molar-refractivity contribution in [1.29, 1.82) is 0 Å². The molecule has 1 amide bonds. The molecule has 1 aliphatic heterocycles. The van der Waals surface area contributed by atoms with Gasteiger partial charge in [0.15, 0.2) is 0 Å². The Hall–Kier alpha value is -0.570. The van der Waals surface area contributed by atoms with Crippen molar-refractivity contribution in [2.24, 2.45) is 0 Å². The Labute approximate surface area is 86.4 Å². The first-order chi connectivity index (χ1) is 6.77. The van der Waals surface area contributed by atoms with Crippen molar-refractivity contribution < 1.29 is 9.53 Å². The third-order valence-electron chi connectivity index (χ3n) is 2.60. The Morgan fingerprint density at radius 3 is 2.93 bits per heavy atom. The molecule has 1 unspecified atom stereocenters. The first-order valence-electron chi connectivity index (χ1n) is 5.67. The maximum atomic E-state index is 11.6. The number of likely N-dealkylation sites (tertiary alicyclic amines) is 1. The van der Waals surface area contributed by atoms with Crippen LogP contribution in [0.15, 0.2) is 0 Å². The van der Waals surface area contributed by atoms with Gasteiger partial charge in [0.2, 0.25) is 5.91 Å². The van der Waals surface area contributed by atoms with Crippen LogP contribution in [0.25, 0.3) is 0 Å². The van der Waals surface area contributed by atoms with E-state index in [1.54, 1.807) is 0 Å². The average Bonchev–Trinajstić information content (AvgIpc) is 2.19. The van der Waals surface area contributed by atoms with Crippen LogP contribution in [0.4, 0.5) is 0 Å². The van der Waals surface area contributed by atoms with Gasteiger partial charge in [0.1, 0.15) is 0 Å². The highest BCUT2D eigenvalue weighted by molar-refractivity contribution is 5.76. The maximum absolute atomic E-state index is 11.6. The molecule has 1 aliphatic rings. The summed E-state index contributed by atoms with van der Waals surface area (Å²) >= 11 is 0. The first kappa shape index (κ1) is 11.5. The van der Waals surface area contributed by atoms with Crippen molar-refractivity contribution in [2.75, 3.05) is 19.7 Å². The molecular formula is C11H21NO2. The fraction of sp³-hybridized carbons (Fsp3) is 0.909. The van der Waals surface area contributed by atoms with Crippen molar-refractivity contribution in [1.82, 2.24) is 4.90 Å². The molecule has 3 nitrogen and oxygen atoms in total. The SMILES string of the molecule is CCCC(=O)N1CCCC(OCC)C1. The van der Waals surface area contributed by atoms with Crippen molar-refractivity contribution in [3.05, 3.63) is 0 Å². The number of carbonyl (C=O) groups is 1. The molecule has 0 aromatic rings. The fourth-order valence-corrected chi connectivity index (χ4v) is 1.91. The number of amides is 1. The minimum absolute atomic E-state index is 0.273. The van der Waals surface area contributed by atoms with Gasteiger partial charge in [-0.2, -0.15) is 0 Å². The molecule has 0 aromatic carbocycles. The molecule has 14 heavy (non-hydrogen) atoms. The highest BCUT2D eigenvalue weighted by atomic mass is 16.5. The number of ether oxygens (including phenoxy) is 1. The van der Waals surface area contributed by atoms with Crippen LogP contribution in [0.2, 0.25) is 0 Å². The van der Waals surface area contributed by atoms with E-state index in [0.717, 1.165) is 39.0 Å². The van der Waals surface area contributed by atoms with Crippen LogP contribution in [-0.2, 0) is 9.53 Å². The fourth-order valence-electron chi connectivity index (χ4n) is 1.91. The Kier molecular flexibility index (Phi) is 4.94. The summed E-state index contributed by atoms with van der Waals surface area (Å²) < 4.78 is 5.55. The van der Waals surface area contributed by atoms with Gasteiger partial charge in [-0.25, -0.2) is 0 Å². The van der Waals surface area contributed by atoms with Crippen LogP contribution in [0.3, 0.4) is 0 Å². The zero-order valence-electron chi connectivity index (χ0n) is 9.29. The van der Waals surface area contributed by atoms with Gasteiger partial charge in [0.25, 0.3) is 0 Å². The van der Waals surface area contributed by atoms with Gasteiger partial charge >= 0.3 is 0 Å². The highest BCUT2D eigenvalue weighted by Gasteiger charge is 2.22. The van der Waals surface area contributed by atoms with Crippen LogP contribution in [-0.4, -0.2) is 36.6 Å². The second kappa shape index (κ2) is 6.02. The number of hydrogen-bond acceptors (Lipinski definition) is 2. The molecule has 0 aliphatic carbocycles. The number of piperidine rings is 1. The monoisotopic (exact) mass is 199 g/mol. The first-order valence-corrected chi connectivity index (χ1v) is 5.67.